The molecule has 1 amide bonds. The molecule has 0 radical (unpaired) electrons. The van der Waals surface area contributed by atoms with E-state index < -0.39 is 0 Å². The van der Waals surface area contributed by atoms with Crippen LogP contribution in [0.4, 0.5) is 0 Å². The normalized spacial score (nSPS) is 20.2. The van der Waals surface area contributed by atoms with E-state index in [9.17, 15) is 4.79 Å². The van der Waals surface area contributed by atoms with Crippen molar-refractivity contribution in [3.63, 3.8) is 0 Å². The average Bonchev–Trinajstić information content (AvgIpc) is 2.90. The Morgan fingerprint density at radius 1 is 1.59 bits per heavy atom. The maximum atomic E-state index is 12.2. The summed E-state index contributed by atoms with van der Waals surface area (Å²) in [5.41, 5.74) is 0.827. The summed E-state index contributed by atoms with van der Waals surface area (Å²) >= 11 is 1.58. The van der Waals surface area contributed by atoms with E-state index in [0.29, 0.717) is 6.04 Å². The first kappa shape index (κ1) is 12.6. The second kappa shape index (κ2) is 6.17. The fourth-order valence-corrected chi connectivity index (χ4v) is 2.90. The van der Waals surface area contributed by atoms with Gasteiger partial charge in [0.05, 0.1) is 5.56 Å². The molecule has 1 aromatic rings. The predicted molar refractivity (Wildman–Crippen MR) is 71.5 cm³/mol. The van der Waals surface area contributed by atoms with Crippen LogP contribution in [0.2, 0.25) is 0 Å². The molecule has 0 saturated carbocycles. The molecule has 2 heterocycles. The molecule has 94 valence electrons. The van der Waals surface area contributed by atoms with E-state index in [2.05, 4.69) is 5.32 Å². The van der Waals surface area contributed by atoms with E-state index >= 15 is 0 Å². The van der Waals surface area contributed by atoms with E-state index in [1.165, 1.54) is 19.3 Å². The molecule has 4 heteroatoms. The lowest BCUT2D eigenvalue weighted by Crippen LogP contribution is -2.45. The van der Waals surface area contributed by atoms with Crippen LogP contribution in [0.1, 0.15) is 36.5 Å². The Balaban J connectivity index is 1.93. The van der Waals surface area contributed by atoms with Gasteiger partial charge in [-0.3, -0.25) is 4.79 Å². The third-order valence-electron chi connectivity index (χ3n) is 3.29. The summed E-state index contributed by atoms with van der Waals surface area (Å²) < 4.78 is 0. The molecule has 1 aromatic heterocycles. The molecular formula is C13H20N2OS. The Kier molecular flexibility index (Phi) is 4.57. The van der Waals surface area contributed by atoms with Gasteiger partial charge in [-0.1, -0.05) is 6.42 Å². The SMILES string of the molecule is CCN(CC1CCCCN1)C(=O)c1ccsc1. The van der Waals surface area contributed by atoms with Crippen LogP contribution in [0, 0.1) is 0 Å². The molecule has 1 fully saturated rings. The fourth-order valence-electron chi connectivity index (χ4n) is 2.27. The van der Waals surface area contributed by atoms with Crippen LogP contribution in [0.5, 0.6) is 0 Å². The number of nitrogens with zero attached hydrogens (tertiary/aromatic N) is 1. The molecular weight excluding hydrogens is 232 g/mol. The number of nitrogens with one attached hydrogen (secondary N) is 1. The van der Waals surface area contributed by atoms with Gasteiger partial charge in [-0.2, -0.15) is 11.3 Å². The minimum absolute atomic E-state index is 0.168. The first-order valence-electron chi connectivity index (χ1n) is 6.36. The second-order valence-corrected chi connectivity index (χ2v) is 5.28. The maximum absolute atomic E-state index is 12.2. The number of piperidine rings is 1. The Morgan fingerprint density at radius 2 is 2.47 bits per heavy atom. The fraction of sp³-hybridized carbons (Fsp3) is 0.615. The largest absolute Gasteiger partial charge is 0.337 e. The topological polar surface area (TPSA) is 32.3 Å². The van der Waals surface area contributed by atoms with Gasteiger partial charge in [0, 0.05) is 24.5 Å². The molecule has 3 nitrogen and oxygen atoms in total. The van der Waals surface area contributed by atoms with Crippen molar-refractivity contribution < 1.29 is 4.79 Å². The average molecular weight is 252 g/mol. The highest BCUT2D eigenvalue weighted by Gasteiger charge is 2.20. The maximum Gasteiger partial charge on any atom is 0.254 e. The third-order valence-corrected chi connectivity index (χ3v) is 3.97. The Morgan fingerprint density at radius 3 is 3.06 bits per heavy atom. The number of carbonyl (C=O) groups is 1. The number of likely N-dealkylation sites (N-methyl/N-ethyl adjacent to an activating group) is 1. The number of thiophene rings is 1. The van der Waals surface area contributed by atoms with Crippen molar-refractivity contribution in [3.8, 4) is 0 Å². The van der Waals surface area contributed by atoms with Crippen molar-refractivity contribution in [3.05, 3.63) is 22.4 Å². The smallest absolute Gasteiger partial charge is 0.254 e. The molecule has 1 aliphatic heterocycles. The lowest BCUT2D eigenvalue weighted by molar-refractivity contribution is 0.0742. The van der Waals surface area contributed by atoms with Gasteiger partial charge in [0.15, 0.2) is 0 Å². The zero-order chi connectivity index (χ0) is 12.1. The molecule has 17 heavy (non-hydrogen) atoms. The number of rotatable bonds is 4. The highest BCUT2D eigenvalue weighted by molar-refractivity contribution is 7.08. The van der Waals surface area contributed by atoms with Crippen LogP contribution in [0.15, 0.2) is 16.8 Å². The van der Waals surface area contributed by atoms with E-state index in [-0.39, 0.29) is 5.91 Å². The number of carbonyl (C=O) groups excluding carboxylic acids is 1. The number of amides is 1. The number of hydrogen-bond donors (Lipinski definition) is 1. The highest BCUT2D eigenvalue weighted by atomic mass is 32.1. The molecule has 1 saturated heterocycles. The van der Waals surface area contributed by atoms with E-state index in [1.54, 1.807) is 11.3 Å². The Bertz CT molecular complexity index is 344. The van der Waals surface area contributed by atoms with Crippen LogP contribution in [-0.2, 0) is 0 Å². The summed E-state index contributed by atoms with van der Waals surface area (Å²) in [7, 11) is 0. The summed E-state index contributed by atoms with van der Waals surface area (Å²) in [5.74, 6) is 0.168. The second-order valence-electron chi connectivity index (χ2n) is 4.50. The molecule has 1 atom stereocenters. The van der Waals surface area contributed by atoms with Gasteiger partial charge in [0.2, 0.25) is 0 Å². The van der Waals surface area contributed by atoms with Crippen molar-refractivity contribution >= 4 is 17.2 Å². The zero-order valence-electron chi connectivity index (χ0n) is 10.3. The van der Waals surface area contributed by atoms with Gasteiger partial charge in [-0.15, -0.1) is 0 Å². The van der Waals surface area contributed by atoms with E-state index in [0.717, 1.165) is 25.2 Å². The van der Waals surface area contributed by atoms with Gasteiger partial charge in [-0.05, 0) is 37.8 Å². The van der Waals surface area contributed by atoms with Gasteiger partial charge in [0.1, 0.15) is 0 Å². The van der Waals surface area contributed by atoms with Crippen LogP contribution < -0.4 is 5.32 Å². The molecule has 0 spiro atoms. The minimum Gasteiger partial charge on any atom is -0.337 e. The van der Waals surface area contributed by atoms with Crippen LogP contribution in [-0.4, -0.2) is 36.5 Å². The minimum atomic E-state index is 0.168. The Hall–Kier alpha value is -0.870. The molecule has 0 bridgehead atoms. The van der Waals surface area contributed by atoms with Crippen LogP contribution in [0.3, 0.4) is 0 Å². The Labute approximate surface area is 107 Å². The summed E-state index contributed by atoms with van der Waals surface area (Å²) in [4.78, 5) is 14.2. The zero-order valence-corrected chi connectivity index (χ0v) is 11.1. The summed E-state index contributed by atoms with van der Waals surface area (Å²) in [6.45, 7) is 4.76. The van der Waals surface area contributed by atoms with Crippen molar-refractivity contribution in [2.24, 2.45) is 0 Å². The van der Waals surface area contributed by atoms with E-state index in [1.807, 2.05) is 28.7 Å². The van der Waals surface area contributed by atoms with Crippen LogP contribution in [0.25, 0.3) is 0 Å². The van der Waals surface area contributed by atoms with Crippen molar-refractivity contribution in [2.45, 2.75) is 32.2 Å². The lowest BCUT2D eigenvalue weighted by Gasteiger charge is -2.29. The van der Waals surface area contributed by atoms with Crippen molar-refractivity contribution in [1.82, 2.24) is 10.2 Å². The standard InChI is InChI=1S/C13H20N2OS/c1-2-15(9-12-5-3-4-7-14-12)13(16)11-6-8-17-10-11/h6,8,10,12,14H,2-5,7,9H2,1H3. The van der Waals surface area contributed by atoms with Gasteiger partial charge in [0.25, 0.3) is 5.91 Å². The first-order chi connectivity index (χ1) is 8.31. The predicted octanol–water partition coefficient (Wildman–Crippen LogP) is 2.35. The molecule has 1 aliphatic rings. The summed E-state index contributed by atoms with van der Waals surface area (Å²) in [6.07, 6.45) is 3.73. The molecule has 1 unspecified atom stereocenters. The third kappa shape index (κ3) is 3.30. The van der Waals surface area contributed by atoms with Gasteiger partial charge < -0.3 is 10.2 Å². The van der Waals surface area contributed by atoms with Crippen molar-refractivity contribution in [1.29, 1.82) is 0 Å². The monoisotopic (exact) mass is 252 g/mol. The lowest BCUT2D eigenvalue weighted by atomic mass is 10.0. The highest BCUT2D eigenvalue weighted by Crippen LogP contribution is 2.13. The quantitative estimate of drug-likeness (QED) is 0.892. The first-order valence-corrected chi connectivity index (χ1v) is 7.30. The van der Waals surface area contributed by atoms with Crippen molar-refractivity contribution in [2.75, 3.05) is 19.6 Å². The molecule has 0 aromatic carbocycles. The number of hydrogen-bond acceptors (Lipinski definition) is 3. The molecule has 0 aliphatic carbocycles. The molecule has 1 N–H and O–H groups in total. The summed E-state index contributed by atoms with van der Waals surface area (Å²) in [6, 6.07) is 2.38. The van der Waals surface area contributed by atoms with Gasteiger partial charge >= 0.3 is 0 Å². The van der Waals surface area contributed by atoms with E-state index in [4.69, 9.17) is 0 Å². The summed E-state index contributed by atoms with van der Waals surface area (Å²) in [5, 5.41) is 7.38. The van der Waals surface area contributed by atoms with Crippen LogP contribution >= 0.6 is 11.3 Å². The van der Waals surface area contributed by atoms with Gasteiger partial charge in [-0.25, -0.2) is 0 Å². The molecule has 2 rings (SSSR count).